The molecule has 10 heteroatoms. The third-order valence-corrected chi connectivity index (χ3v) is 7.95. The molecule has 0 amide bonds. The zero-order valence-corrected chi connectivity index (χ0v) is 17.4. The second kappa shape index (κ2) is 8.00. The molecule has 4 N–H and O–H groups in total. The summed E-state index contributed by atoms with van der Waals surface area (Å²) >= 11 is 0. The summed E-state index contributed by atoms with van der Waals surface area (Å²) in [6.45, 7) is 1.46. The molecule has 0 bridgehead atoms. The number of fused-ring (bicyclic) bond motifs is 1. The molecule has 2 aromatic heterocycles. The Labute approximate surface area is 170 Å². The highest BCUT2D eigenvalue weighted by Crippen LogP contribution is 2.40. The predicted molar refractivity (Wildman–Crippen MR) is 111 cm³/mol. The number of hydrogen-bond donors (Lipinski definition) is 4. The first kappa shape index (κ1) is 20.2. The van der Waals surface area contributed by atoms with E-state index in [4.69, 9.17) is 10.8 Å². The molecule has 0 spiro atoms. The van der Waals surface area contributed by atoms with Gasteiger partial charge in [-0.3, -0.25) is 15.4 Å². The van der Waals surface area contributed by atoms with Crippen molar-refractivity contribution >= 4 is 27.2 Å². The summed E-state index contributed by atoms with van der Waals surface area (Å²) < 4.78 is 31.0. The van der Waals surface area contributed by atoms with Crippen LogP contribution in [0.2, 0.25) is 0 Å². The molecule has 29 heavy (non-hydrogen) atoms. The van der Waals surface area contributed by atoms with Gasteiger partial charge in [0.1, 0.15) is 11.3 Å². The molecule has 0 unspecified atom stereocenters. The van der Waals surface area contributed by atoms with Crippen molar-refractivity contribution in [2.45, 2.75) is 51.4 Å². The maximum absolute atomic E-state index is 12.5. The first-order valence-electron chi connectivity index (χ1n) is 10.4. The van der Waals surface area contributed by atoms with Gasteiger partial charge in [0, 0.05) is 31.2 Å². The lowest BCUT2D eigenvalue weighted by Crippen LogP contribution is -2.45. The topological polar surface area (TPSA) is 131 Å². The van der Waals surface area contributed by atoms with Gasteiger partial charge in [0.2, 0.25) is 0 Å². The lowest BCUT2D eigenvalue weighted by Gasteiger charge is -2.38. The Morgan fingerprint density at radius 2 is 1.93 bits per heavy atom. The van der Waals surface area contributed by atoms with Crippen LogP contribution in [0.5, 0.6) is 0 Å². The van der Waals surface area contributed by atoms with Crippen LogP contribution in [-0.2, 0) is 10.2 Å². The third-order valence-electron chi connectivity index (χ3n) is 6.33. The summed E-state index contributed by atoms with van der Waals surface area (Å²) in [4.78, 5) is 7.28. The zero-order valence-electron chi connectivity index (χ0n) is 16.6. The van der Waals surface area contributed by atoms with Gasteiger partial charge in [-0.15, -0.1) is 0 Å². The van der Waals surface area contributed by atoms with Crippen LogP contribution in [0.25, 0.3) is 11.2 Å². The highest BCUT2D eigenvalue weighted by molar-refractivity contribution is 7.87. The second-order valence-corrected chi connectivity index (χ2v) is 9.89. The molecule has 4 rings (SSSR count). The van der Waals surface area contributed by atoms with Gasteiger partial charge in [0.25, 0.3) is 10.2 Å². The molecule has 2 aromatic rings. The van der Waals surface area contributed by atoms with Crippen molar-refractivity contribution in [1.29, 1.82) is 10.8 Å². The van der Waals surface area contributed by atoms with Crippen molar-refractivity contribution in [3.63, 3.8) is 0 Å². The van der Waals surface area contributed by atoms with E-state index in [0.29, 0.717) is 43.1 Å². The molecule has 0 radical (unpaired) electrons. The molecule has 1 saturated heterocycles. The number of nitrogens with zero attached hydrogens (tertiary/aromatic N) is 3. The van der Waals surface area contributed by atoms with Crippen molar-refractivity contribution in [1.82, 2.24) is 23.6 Å². The van der Waals surface area contributed by atoms with E-state index in [1.54, 1.807) is 10.8 Å². The maximum atomic E-state index is 12.5. The SMILES string of the molecule is N=C(n1c(=N)cnc2[nH]ccc21)C1(CCNS(=O)(=O)N2CCCC2)CCCCC1. The summed E-state index contributed by atoms with van der Waals surface area (Å²) in [5, 5.41) is 17.4. The summed E-state index contributed by atoms with van der Waals surface area (Å²) in [5.41, 5.74) is 1.08. The first-order chi connectivity index (χ1) is 13.9. The number of hydrogen-bond acceptors (Lipinski definition) is 5. The van der Waals surface area contributed by atoms with Crippen LogP contribution in [-0.4, -0.2) is 52.7 Å². The molecule has 2 aliphatic rings. The van der Waals surface area contributed by atoms with Crippen LogP contribution in [0.15, 0.2) is 18.5 Å². The quantitative estimate of drug-likeness (QED) is 0.421. The molecule has 1 aliphatic carbocycles. The van der Waals surface area contributed by atoms with Crippen LogP contribution in [0.4, 0.5) is 0 Å². The highest BCUT2D eigenvalue weighted by Gasteiger charge is 2.38. The summed E-state index contributed by atoms with van der Waals surface area (Å²) in [7, 11) is -3.46. The second-order valence-electron chi connectivity index (χ2n) is 8.14. The van der Waals surface area contributed by atoms with E-state index in [9.17, 15) is 8.42 Å². The minimum absolute atomic E-state index is 0.171. The predicted octanol–water partition coefficient (Wildman–Crippen LogP) is 1.94. The van der Waals surface area contributed by atoms with Crippen LogP contribution < -0.4 is 10.2 Å². The summed E-state index contributed by atoms with van der Waals surface area (Å²) in [5.74, 6) is 0.370. The smallest absolute Gasteiger partial charge is 0.279 e. The van der Waals surface area contributed by atoms with E-state index in [2.05, 4.69) is 14.7 Å². The Hall–Kier alpha value is -2.04. The van der Waals surface area contributed by atoms with Crippen molar-refractivity contribution in [3.05, 3.63) is 23.9 Å². The van der Waals surface area contributed by atoms with E-state index >= 15 is 0 Å². The minimum atomic E-state index is -3.46. The van der Waals surface area contributed by atoms with Crippen molar-refractivity contribution in [2.24, 2.45) is 5.41 Å². The van der Waals surface area contributed by atoms with Crippen LogP contribution >= 0.6 is 0 Å². The van der Waals surface area contributed by atoms with Crippen molar-refractivity contribution in [2.75, 3.05) is 19.6 Å². The molecule has 1 saturated carbocycles. The van der Waals surface area contributed by atoms with E-state index in [-0.39, 0.29) is 5.49 Å². The number of rotatable bonds is 6. The first-order valence-corrected chi connectivity index (χ1v) is 11.8. The fourth-order valence-corrected chi connectivity index (χ4v) is 5.98. The Morgan fingerprint density at radius 3 is 2.66 bits per heavy atom. The van der Waals surface area contributed by atoms with E-state index < -0.39 is 15.6 Å². The monoisotopic (exact) mass is 419 g/mol. The Morgan fingerprint density at radius 1 is 1.21 bits per heavy atom. The van der Waals surface area contributed by atoms with Gasteiger partial charge >= 0.3 is 0 Å². The average molecular weight is 420 g/mol. The largest absolute Gasteiger partial charge is 0.345 e. The van der Waals surface area contributed by atoms with E-state index in [1.807, 2.05) is 6.07 Å². The fourth-order valence-electron chi connectivity index (χ4n) is 4.70. The molecule has 158 valence electrons. The number of aromatic nitrogens is 3. The fraction of sp³-hybridized carbons (Fsp3) is 0.632. The lowest BCUT2D eigenvalue weighted by atomic mass is 9.70. The van der Waals surface area contributed by atoms with Gasteiger partial charge in [-0.05, 0) is 38.2 Å². The van der Waals surface area contributed by atoms with Gasteiger partial charge in [0.05, 0.1) is 11.7 Å². The number of nitrogens with one attached hydrogen (secondary N) is 4. The molecule has 2 fully saturated rings. The molecule has 0 atom stereocenters. The lowest BCUT2D eigenvalue weighted by molar-refractivity contribution is 0.258. The summed E-state index contributed by atoms with van der Waals surface area (Å²) in [6, 6.07) is 1.83. The van der Waals surface area contributed by atoms with Crippen molar-refractivity contribution < 1.29 is 8.42 Å². The van der Waals surface area contributed by atoms with Crippen LogP contribution in [0.3, 0.4) is 0 Å². The van der Waals surface area contributed by atoms with Crippen molar-refractivity contribution in [3.8, 4) is 0 Å². The highest BCUT2D eigenvalue weighted by atomic mass is 32.2. The van der Waals surface area contributed by atoms with E-state index in [1.165, 1.54) is 10.5 Å². The minimum Gasteiger partial charge on any atom is -0.345 e. The Balaban J connectivity index is 1.58. The van der Waals surface area contributed by atoms with E-state index in [0.717, 1.165) is 44.9 Å². The Bertz CT molecular complexity index is 1040. The average Bonchev–Trinajstić information content (AvgIpc) is 3.40. The van der Waals surface area contributed by atoms with Gasteiger partial charge in [-0.25, -0.2) is 9.71 Å². The van der Waals surface area contributed by atoms with Gasteiger partial charge in [-0.2, -0.15) is 12.7 Å². The molecular formula is C19H29N7O2S. The van der Waals surface area contributed by atoms with Gasteiger partial charge in [0.15, 0.2) is 5.65 Å². The van der Waals surface area contributed by atoms with Crippen LogP contribution in [0, 0.1) is 16.2 Å². The summed E-state index contributed by atoms with van der Waals surface area (Å²) in [6.07, 6.45) is 10.4. The number of H-pyrrole nitrogens is 1. The third kappa shape index (κ3) is 3.88. The molecule has 0 aromatic carbocycles. The molecular weight excluding hydrogens is 390 g/mol. The van der Waals surface area contributed by atoms with Crippen LogP contribution in [0.1, 0.15) is 51.4 Å². The molecule has 3 heterocycles. The zero-order chi connectivity index (χ0) is 20.5. The molecule has 1 aliphatic heterocycles. The maximum Gasteiger partial charge on any atom is 0.279 e. The Kier molecular flexibility index (Phi) is 5.58. The van der Waals surface area contributed by atoms with Gasteiger partial charge < -0.3 is 4.98 Å². The number of aromatic amines is 1. The van der Waals surface area contributed by atoms with Gasteiger partial charge in [-0.1, -0.05) is 19.3 Å². The molecule has 9 nitrogen and oxygen atoms in total. The standard InChI is InChI=1S/C19H29N7O2S/c20-16-14-23-17-15(6-10-22-17)26(16)18(21)19(7-2-1-3-8-19)9-11-24-29(27,28)25-12-4-5-13-25/h6,10,14,20-22,24H,1-5,7-9,11-13H2. The normalized spacial score (nSPS) is 20.3.